The fourth-order valence-electron chi connectivity index (χ4n) is 9.24. The first-order valence-corrected chi connectivity index (χ1v) is 13.0. The van der Waals surface area contributed by atoms with E-state index in [9.17, 15) is 5.11 Å². The van der Waals surface area contributed by atoms with Crippen LogP contribution in [0.1, 0.15) is 112 Å². The Morgan fingerprint density at radius 3 is 2.29 bits per heavy atom. The quantitative estimate of drug-likeness (QED) is 0.518. The molecule has 1 N–H and O–H groups in total. The average molecular weight is 389 g/mol. The fraction of sp³-hybridized carbons (Fsp3) is 1.00. The number of rotatable bonds is 5. The summed E-state index contributed by atoms with van der Waals surface area (Å²) < 4.78 is 0. The monoisotopic (exact) mass is 388 g/mol. The van der Waals surface area contributed by atoms with Crippen LogP contribution in [-0.2, 0) is 0 Å². The standard InChI is InChI=1S/C27H48O/c1-18(2)25(28)14-9-19(3)22-12-13-23-21-11-10-20-8-6-7-16-26(20,4)24(21)15-17-27(22,23)5/h18-25,28H,6-17H2,1-5H3/t19-,20?,21+,22-,23+,24+,25?,26+,27-/m1/s1. The van der Waals surface area contributed by atoms with Crippen LogP contribution < -0.4 is 0 Å². The number of fused-ring (bicyclic) bond motifs is 5. The summed E-state index contributed by atoms with van der Waals surface area (Å²) in [5.41, 5.74) is 1.26. The topological polar surface area (TPSA) is 20.2 Å². The summed E-state index contributed by atoms with van der Waals surface area (Å²) in [5.74, 6) is 6.17. The summed E-state index contributed by atoms with van der Waals surface area (Å²) in [6, 6.07) is 0. The predicted molar refractivity (Wildman–Crippen MR) is 119 cm³/mol. The molecule has 4 aliphatic carbocycles. The number of aliphatic hydroxyl groups is 1. The molecule has 9 atom stereocenters. The van der Waals surface area contributed by atoms with Crippen molar-refractivity contribution >= 4 is 0 Å². The molecule has 4 saturated carbocycles. The van der Waals surface area contributed by atoms with Gasteiger partial charge < -0.3 is 5.11 Å². The van der Waals surface area contributed by atoms with Gasteiger partial charge in [0, 0.05) is 0 Å². The zero-order valence-electron chi connectivity index (χ0n) is 19.6. The first kappa shape index (κ1) is 21.2. The normalized spacial score (nSPS) is 47.9. The highest BCUT2D eigenvalue weighted by Gasteiger charge is 2.60. The van der Waals surface area contributed by atoms with Crippen molar-refractivity contribution in [3.05, 3.63) is 0 Å². The van der Waals surface area contributed by atoms with Crippen LogP contribution in [0.2, 0.25) is 0 Å². The maximum atomic E-state index is 10.3. The number of hydrogen-bond acceptors (Lipinski definition) is 1. The lowest BCUT2D eigenvalue weighted by Crippen LogP contribution is -2.53. The maximum Gasteiger partial charge on any atom is 0.0563 e. The highest BCUT2D eigenvalue weighted by molar-refractivity contribution is 5.09. The van der Waals surface area contributed by atoms with E-state index in [2.05, 4.69) is 34.6 Å². The van der Waals surface area contributed by atoms with E-state index < -0.39 is 0 Å². The summed E-state index contributed by atoms with van der Waals surface area (Å²) in [6.07, 6.45) is 17.2. The van der Waals surface area contributed by atoms with Crippen molar-refractivity contribution < 1.29 is 5.11 Å². The van der Waals surface area contributed by atoms with Crippen LogP contribution in [0.4, 0.5) is 0 Å². The van der Waals surface area contributed by atoms with Crippen molar-refractivity contribution in [1.82, 2.24) is 0 Å². The molecular weight excluding hydrogens is 340 g/mol. The molecule has 0 aromatic rings. The Kier molecular flexibility index (Phi) is 5.98. The molecule has 0 aliphatic heterocycles. The lowest BCUT2D eigenvalue weighted by Gasteiger charge is -2.61. The first-order valence-electron chi connectivity index (χ1n) is 13.0. The minimum absolute atomic E-state index is 0.107. The van der Waals surface area contributed by atoms with E-state index in [1.807, 2.05) is 0 Å². The minimum atomic E-state index is -0.107. The Labute approximate surface area is 175 Å². The van der Waals surface area contributed by atoms with Gasteiger partial charge >= 0.3 is 0 Å². The Hall–Kier alpha value is -0.0400. The molecule has 0 heterocycles. The fourth-order valence-corrected chi connectivity index (χ4v) is 9.24. The van der Waals surface area contributed by atoms with Crippen molar-refractivity contribution in [2.45, 2.75) is 118 Å². The van der Waals surface area contributed by atoms with Gasteiger partial charge in [0.25, 0.3) is 0 Å². The molecule has 4 fully saturated rings. The average Bonchev–Trinajstić information content (AvgIpc) is 3.02. The van der Waals surface area contributed by atoms with Gasteiger partial charge in [0.2, 0.25) is 0 Å². The Bertz CT molecular complexity index is 540. The van der Waals surface area contributed by atoms with Crippen molar-refractivity contribution in [3.8, 4) is 0 Å². The third-order valence-corrected chi connectivity index (χ3v) is 11.0. The van der Waals surface area contributed by atoms with Gasteiger partial charge in [-0.05, 0) is 116 Å². The minimum Gasteiger partial charge on any atom is -0.393 e. The molecule has 4 rings (SSSR count). The van der Waals surface area contributed by atoms with Crippen LogP contribution in [0.15, 0.2) is 0 Å². The van der Waals surface area contributed by atoms with E-state index in [4.69, 9.17) is 0 Å². The van der Waals surface area contributed by atoms with Crippen LogP contribution in [0.3, 0.4) is 0 Å². The third-order valence-electron chi connectivity index (χ3n) is 11.0. The molecule has 0 radical (unpaired) electrons. The summed E-state index contributed by atoms with van der Waals surface area (Å²) >= 11 is 0. The van der Waals surface area contributed by atoms with E-state index in [0.717, 1.165) is 41.9 Å². The van der Waals surface area contributed by atoms with Crippen molar-refractivity contribution in [1.29, 1.82) is 0 Å². The second-order valence-electron chi connectivity index (χ2n) is 12.5. The van der Waals surface area contributed by atoms with Gasteiger partial charge in [-0.25, -0.2) is 0 Å². The predicted octanol–water partition coefficient (Wildman–Crippen LogP) is 7.47. The molecule has 0 spiro atoms. The Morgan fingerprint density at radius 1 is 0.786 bits per heavy atom. The Balaban J connectivity index is 1.46. The van der Waals surface area contributed by atoms with Gasteiger partial charge in [-0.3, -0.25) is 0 Å². The summed E-state index contributed by atoms with van der Waals surface area (Å²) in [5, 5.41) is 10.3. The van der Waals surface area contributed by atoms with E-state index >= 15 is 0 Å². The molecule has 0 aromatic carbocycles. The van der Waals surface area contributed by atoms with E-state index in [0.29, 0.717) is 16.7 Å². The van der Waals surface area contributed by atoms with Crippen LogP contribution in [0, 0.1) is 52.3 Å². The van der Waals surface area contributed by atoms with Gasteiger partial charge in [-0.15, -0.1) is 0 Å². The molecule has 4 aliphatic rings. The number of aliphatic hydroxyl groups excluding tert-OH is 1. The zero-order chi connectivity index (χ0) is 20.1. The van der Waals surface area contributed by atoms with Crippen LogP contribution in [0.25, 0.3) is 0 Å². The largest absolute Gasteiger partial charge is 0.393 e. The molecule has 28 heavy (non-hydrogen) atoms. The SMILES string of the molecule is CC(C)C(O)CC[C@@H](C)[C@H]1CC[C@H]2[C@@H]3CCC4CCCC[C@]4(C)[C@H]3CC[C@]12C. The Morgan fingerprint density at radius 2 is 1.54 bits per heavy atom. The van der Waals surface area contributed by atoms with Crippen LogP contribution in [0.5, 0.6) is 0 Å². The van der Waals surface area contributed by atoms with E-state index in [1.54, 1.807) is 6.42 Å². The maximum absolute atomic E-state index is 10.3. The molecule has 0 amide bonds. The lowest BCUT2D eigenvalue weighted by molar-refractivity contribution is -0.114. The summed E-state index contributed by atoms with van der Waals surface area (Å²) in [6.45, 7) is 12.2. The van der Waals surface area contributed by atoms with Crippen molar-refractivity contribution in [2.24, 2.45) is 52.3 Å². The molecule has 0 saturated heterocycles. The molecular formula is C27H48O. The molecule has 1 nitrogen and oxygen atoms in total. The van der Waals surface area contributed by atoms with E-state index in [-0.39, 0.29) is 6.10 Å². The van der Waals surface area contributed by atoms with Crippen molar-refractivity contribution in [2.75, 3.05) is 0 Å². The third kappa shape index (κ3) is 3.40. The van der Waals surface area contributed by atoms with Gasteiger partial charge in [0.05, 0.1) is 6.10 Å². The summed E-state index contributed by atoms with van der Waals surface area (Å²) in [4.78, 5) is 0. The van der Waals surface area contributed by atoms with Gasteiger partial charge in [0.15, 0.2) is 0 Å². The smallest absolute Gasteiger partial charge is 0.0563 e. The second-order valence-corrected chi connectivity index (χ2v) is 12.5. The summed E-state index contributed by atoms with van der Waals surface area (Å²) in [7, 11) is 0. The highest BCUT2D eigenvalue weighted by Crippen LogP contribution is 2.68. The molecule has 0 aromatic heterocycles. The van der Waals surface area contributed by atoms with Crippen LogP contribution in [-0.4, -0.2) is 11.2 Å². The second kappa shape index (κ2) is 7.90. The lowest BCUT2D eigenvalue weighted by atomic mass is 9.44. The molecule has 1 heteroatoms. The molecule has 2 unspecified atom stereocenters. The van der Waals surface area contributed by atoms with Crippen LogP contribution >= 0.6 is 0 Å². The van der Waals surface area contributed by atoms with E-state index in [1.165, 1.54) is 64.2 Å². The first-order chi connectivity index (χ1) is 13.3. The van der Waals surface area contributed by atoms with Gasteiger partial charge in [-0.1, -0.05) is 47.5 Å². The highest BCUT2D eigenvalue weighted by atomic mass is 16.3. The zero-order valence-corrected chi connectivity index (χ0v) is 19.6. The van der Waals surface area contributed by atoms with Gasteiger partial charge in [-0.2, -0.15) is 0 Å². The molecule has 0 bridgehead atoms. The molecule has 162 valence electrons. The number of hydrogen-bond donors (Lipinski definition) is 1. The van der Waals surface area contributed by atoms with Crippen molar-refractivity contribution in [3.63, 3.8) is 0 Å². The van der Waals surface area contributed by atoms with Gasteiger partial charge in [0.1, 0.15) is 0 Å².